The Kier molecular flexibility index (Phi) is 4.26. The van der Waals surface area contributed by atoms with Crippen LogP contribution in [0.2, 0.25) is 0 Å². The van der Waals surface area contributed by atoms with Crippen LogP contribution in [-0.4, -0.2) is 14.2 Å². The van der Waals surface area contributed by atoms with E-state index in [-0.39, 0.29) is 0 Å². The lowest BCUT2D eigenvalue weighted by Crippen LogP contribution is -1.92. The zero-order valence-corrected chi connectivity index (χ0v) is 11.1. The van der Waals surface area contributed by atoms with Crippen LogP contribution in [0, 0.1) is 0 Å². The van der Waals surface area contributed by atoms with Crippen molar-refractivity contribution in [1.29, 1.82) is 0 Å². The number of hydrogen-bond acceptors (Lipinski definition) is 4. The third-order valence-corrected chi connectivity index (χ3v) is 2.58. The maximum absolute atomic E-state index is 5.79. The van der Waals surface area contributed by atoms with Crippen molar-refractivity contribution in [1.82, 2.24) is 0 Å². The van der Waals surface area contributed by atoms with E-state index < -0.39 is 0 Å². The second kappa shape index (κ2) is 6.11. The zero-order valence-electron chi connectivity index (χ0n) is 11.1. The molecule has 0 heterocycles. The molecule has 0 aliphatic carbocycles. The summed E-state index contributed by atoms with van der Waals surface area (Å²) in [5.41, 5.74) is 7.44. The van der Waals surface area contributed by atoms with Gasteiger partial charge >= 0.3 is 0 Å². The average molecular weight is 259 g/mol. The Balaban J connectivity index is 2.20. The molecule has 0 aliphatic rings. The second-order valence-corrected chi connectivity index (χ2v) is 4.12. The number of methoxy groups -OCH3 is 2. The Labute approximate surface area is 112 Å². The molecule has 100 valence electrons. The first-order valence-electron chi connectivity index (χ1n) is 5.91. The van der Waals surface area contributed by atoms with E-state index in [0.717, 1.165) is 11.3 Å². The normalized spacial score (nSPS) is 10.2. The molecule has 2 aromatic rings. The SMILES string of the molecule is COCc1cccc(Oc2cc(N)cc(OC)c2)c1. The predicted octanol–water partition coefficient (Wildman–Crippen LogP) is 3.22. The zero-order chi connectivity index (χ0) is 13.7. The van der Waals surface area contributed by atoms with Crippen molar-refractivity contribution in [3.63, 3.8) is 0 Å². The van der Waals surface area contributed by atoms with Gasteiger partial charge in [-0.25, -0.2) is 0 Å². The molecular weight excluding hydrogens is 242 g/mol. The standard InChI is InChI=1S/C15H17NO3/c1-17-10-11-4-3-5-13(6-11)19-15-8-12(16)7-14(9-15)18-2/h3-9H,10,16H2,1-2H3. The molecule has 0 aliphatic heterocycles. The van der Waals surface area contributed by atoms with Gasteiger partial charge in [0.2, 0.25) is 0 Å². The summed E-state index contributed by atoms with van der Waals surface area (Å²) in [4.78, 5) is 0. The number of nitrogen functional groups attached to an aromatic ring is 1. The van der Waals surface area contributed by atoms with Gasteiger partial charge in [-0.15, -0.1) is 0 Å². The number of nitrogens with two attached hydrogens (primary N) is 1. The lowest BCUT2D eigenvalue weighted by molar-refractivity contribution is 0.184. The molecule has 0 atom stereocenters. The smallest absolute Gasteiger partial charge is 0.133 e. The van der Waals surface area contributed by atoms with Crippen LogP contribution in [0.1, 0.15) is 5.56 Å². The highest BCUT2D eigenvalue weighted by Gasteiger charge is 2.03. The molecule has 2 N–H and O–H groups in total. The van der Waals surface area contributed by atoms with Crippen molar-refractivity contribution >= 4 is 5.69 Å². The number of benzene rings is 2. The minimum Gasteiger partial charge on any atom is -0.497 e. The van der Waals surface area contributed by atoms with E-state index in [9.17, 15) is 0 Å². The average Bonchev–Trinajstić information content (AvgIpc) is 2.39. The van der Waals surface area contributed by atoms with Crippen LogP contribution in [-0.2, 0) is 11.3 Å². The van der Waals surface area contributed by atoms with Crippen molar-refractivity contribution in [3.05, 3.63) is 48.0 Å². The fourth-order valence-electron chi connectivity index (χ4n) is 1.77. The minimum atomic E-state index is 0.553. The molecule has 2 rings (SSSR count). The monoisotopic (exact) mass is 259 g/mol. The van der Waals surface area contributed by atoms with E-state index in [1.54, 1.807) is 32.4 Å². The molecular formula is C15H17NO3. The lowest BCUT2D eigenvalue weighted by atomic mass is 10.2. The highest BCUT2D eigenvalue weighted by molar-refractivity contribution is 5.51. The van der Waals surface area contributed by atoms with Crippen LogP contribution in [0.5, 0.6) is 17.2 Å². The van der Waals surface area contributed by atoms with E-state index in [2.05, 4.69) is 0 Å². The van der Waals surface area contributed by atoms with E-state index in [4.69, 9.17) is 19.9 Å². The number of hydrogen-bond donors (Lipinski definition) is 1. The number of ether oxygens (including phenoxy) is 3. The number of rotatable bonds is 5. The molecule has 4 heteroatoms. The van der Waals surface area contributed by atoms with Crippen molar-refractivity contribution in [2.24, 2.45) is 0 Å². The Hall–Kier alpha value is -2.20. The molecule has 0 saturated heterocycles. The first-order valence-corrected chi connectivity index (χ1v) is 5.91. The summed E-state index contributed by atoms with van der Waals surface area (Å²) >= 11 is 0. The van der Waals surface area contributed by atoms with Crippen molar-refractivity contribution < 1.29 is 14.2 Å². The summed E-state index contributed by atoms with van der Waals surface area (Å²) in [5.74, 6) is 2.05. The maximum Gasteiger partial charge on any atom is 0.133 e. The summed E-state index contributed by atoms with van der Waals surface area (Å²) in [6.07, 6.45) is 0. The van der Waals surface area contributed by atoms with Gasteiger partial charge in [-0.2, -0.15) is 0 Å². The van der Waals surface area contributed by atoms with Gasteiger partial charge in [0.25, 0.3) is 0 Å². The van der Waals surface area contributed by atoms with Gasteiger partial charge in [-0.3, -0.25) is 0 Å². The van der Waals surface area contributed by atoms with E-state index in [1.165, 1.54) is 0 Å². The van der Waals surface area contributed by atoms with Gasteiger partial charge in [0.1, 0.15) is 17.2 Å². The molecule has 0 fully saturated rings. The molecule has 0 bridgehead atoms. The Morgan fingerprint density at radius 2 is 1.74 bits per heavy atom. The van der Waals surface area contributed by atoms with E-state index in [1.807, 2.05) is 24.3 Å². The molecule has 0 spiro atoms. The topological polar surface area (TPSA) is 53.7 Å². The predicted molar refractivity (Wildman–Crippen MR) is 74.6 cm³/mol. The van der Waals surface area contributed by atoms with Gasteiger partial charge in [0.15, 0.2) is 0 Å². The van der Waals surface area contributed by atoms with Gasteiger partial charge in [0.05, 0.1) is 13.7 Å². The molecule has 0 amide bonds. The second-order valence-electron chi connectivity index (χ2n) is 4.12. The molecule has 2 aromatic carbocycles. The summed E-state index contributed by atoms with van der Waals surface area (Å²) in [5, 5.41) is 0. The van der Waals surface area contributed by atoms with Crippen LogP contribution in [0.4, 0.5) is 5.69 Å². The van der Waals surface area contributed by atoms with Crippen molar-refractivity contribution in [2.75, 3.05) is 20.0 Å². The summed E-state index contributed by atoms with van der Waals surface area (Å²) in [6, 6.07) is 13.0. The Morgan fingerprint density at radius 3 is 2.47 bits per heavy atom. The maximum atomic E-state index is 5.79. The largest absolute Gasteiger partial charge is 0.497 e. The summed E-state index contributed by atoms with van der Waals surface area (Å²) < 4.78 is 16.0. The molecule has 19 heavy (non-hydrogen) atoms. The Morgan fingerprint density at radius 1 is 0.947 bits per heavy atom. The number of anilines is 1. The van der Waals surface area contributed by atoms with Crippen molar-refractivity contribution in [3.8, 4) is 17.2 Å². The highest BCUT2D eigenvalue weighted by atomic mass is 16.5. The highest BCUT2D eigenvalue weighted by Crippen LogP contribution is 2.28. The lowest BCUT2D eigenvalue weighted by Gasteiger charge is -2.09. The molecule has 0 saturated carbocycles. The third kappa shape index (κ3) is 3.63. The van der Waals surface area contributed by atoms with Crippen LogP contribution in [0.25, 0.3) is 0 Å². The molecule has 0 aromatic heterocycles. The van der Waals surface area contributed by atoms with Gasteiger partial charge in [-0.05, 0) is 17.7 Å². The third-order valence-electron chi connectivity index (χ3n) is 2.58. The van der Waals surface area contributed by atoms with Crippen LogP contribution < -0.4 is 15.2 Å². The van der Waals surface area contributed by atoms with Crippen LogP contribution in [0.15, 0.2) is 42.5 Å². The van der Waals surface area contributed by atoms with Crippen molar-refractivity contribution in [2.45, 2.75) is 6.61 Å². The van der Waals surface area contributed by atoms with Gasteiger partial charge in [-0.1, -0.05) is 12.1 Å². The molecule has 0 unspecified atom stereocenters. The minimum absolute atomic E-state index is 0.553. The summed E-state index contributed by atoms with van der Waals surface area (Å²) in [6.45, 7) is 0.553. The fourth-order valence-corrected chi connectivity index (χ4v) is 1.77. The van der Waals surface area contributed by atoms with Gasteiger partial charge < -0.3 is 19.9 Å². The quantitative estimate of drug-likeness (QED) is 0.838. The van der Waals surface area contributed by atoms with Gasteiger partial charge in [0, 0.05) is 31.0 Å². The fraction of sp³-hybridized carbons (Fsp3) is 0.200. The Bertz CT molecular complexity index is 555. The van der Waals surface area contributed by atoms with Crippen LogP contribution >= 0.6 is 0 Å². The molecule has 0 radical (unpaired) electrons. The van der Waals surface area contributed by atoms with E-state index >= 15 is 0 Å². The van der Waals surface area contributed by atoms with E-state index in [0.29, 0.717) is 23.8 Å². The first-order chi connectivity index (χ1) is 9.21. The van der Waals surface area contributed by atoms with Crippen LogP contribution in [0.3, 0.4) is 0 Å². The first kappa shape index (κ1) is 13.2. The summed E-state index contributed by atoms with van der Waals surface area (Å²) in [7, 11) is 3.26. The molecule has 4 nitrogen and oxygen atoms in total.